The minimum atomic E-state index is -0.272. The molecule has 0 fully saturated rings. The SMILES string of the molecule is O=C(NC(c1ccc(Cl)cc1)c1cccs1)c1ccc(=O)[nH]c1. The Kier molecular flexibility index (Phi) is 4.60. The third-order valence-electron chi connectivity index (χ3n) is 3.35. The highest BCUT2D eigenvalue weighted by Crippen LogP contribution is 2.27. The molecule has 0 bridgehead atoms. The maximum atomic E-state index is 12.4. The summed E-state index contributed by atoms with van der Waals surface area (Å²) >= 11 is 7.50. The van der Waals surface area contributed by atoms with Gasteiger partial charge in [-0.15, -0.1) is 11.3 Å². The third kappa shape index (κ3) is 3.70. The fourth-order valence-corrected chi connectivity index (χ4v) is 3.12. The van der Waals surface area contributed by atoms with Gasteiger partial charge in [-0.1, -0.05) is 29.8 Å². The lowest BCUT2D eigenvalue weighted by atomic mass is 10.0. The molecule has 4 nitrogen and oxygen atoms in total. The number of amides is 1. The summed E-state index contributed by atoms with van der Waals surface area (Å²) in [6.07, 6.45) is 1.41. The number of pyridine rings is 1. The molecule has 3 aromatic rings. The van der Waals surface area contributed by atoms with E-state index in [0.717, 1.165) is 10.4 Å². The molecule has 6 heteroatoms. The number of carbonyl (C=O) groups excluding carboxylic acids is 1. The monoisotopic (exact) mass is 344 g/mol. The van der Waals surface area contributed by atoms with Crippen molar-refractivity contribution in [3.8, 4) is 0 Å². The minimum absolute atomic E-state index is 0.242. The van der Waals surface area contributed by atoms with Crippen molar-refractivity contribution in [3.05, 3.63) is 91.5 Å². The van der Waals surface area contributed by atoms with Crippen LogP contribution in [0.2, 0.25) is 5.02 Å². The lowest BCUT2D eigenvalue weighted by Gasteiger charge is -2.18. The Morgan fingerprint density at radius 1 is 1.13 bits per heavy atom. The van der Waals surface area contributed by atoms with Crippen LogP contribution in [-0.4, -0.2) is 10.9 Å². The van der Waals surface area contributed by atoms with Crippen LogP contribution in [0, 0.1) is 0 Å². The topological polar surface area (TPSA) is 62.0 Å². The van der Waals surface area contributed by atoms with E-state index in [9.17, 15) is 9.59 Å². The van der Waals surface area contributed by atoms with Crippen LogP contribution in [0.4, 0.5) is 0 Å². The first-order chi connectivity index (χ1) is 11.1. The lowest BCUT2D eigenvalue weighted by Crippen LogP contribution is -2.29. The van der Waals surface area contributed by atoms with Crippen LogP contribution < -0.4 is 10.9 Å². The van der Waals surface area contributed by atoms with Gasteiger partial charge in [-0.05, 0) is 35.2 Å². The zero-order valence-electron chi connectivity index (χ0n) is 12.0. The van der Waals surface area contributed by atoms with Crippen LogP contribution in [0.25, 0.3) is 0 Å². The number of rotatable bonds is 4. The molecular formula is C17H13ClN2O2S. The minimum Gasteiger partial charge on any atom is -0.340 e. The van der Waals surface area contributed by atoms with Gasteiger partial charge >= 0.3 is 0 Å². The van der Waals surface area contributed by atoms with Gasteiger partial charge in [-0.25, -0.2) is 0 Å². The number of hydrogen-bond acceptors (Lipinski definition) is 3. The van der Waals surface area contributed by atoms with Gasteiger partial charge in [0, 0.05) is 22.2 Å². The average molecular weight is 345 g/mol. The van der Waals surface area contributed by atoms with Gasteiger partial charge in [0.1, 0.15) is 0 Å². The summed E-state index contributed by atoms with van der Waals surface area (Å²) in [5.41, 5.74) is 1.10. The van der Waals surface area contributed by atoms with Crippen molar-refractivity contribution in [2.75, 3.05) is 0 Å². The van der Waals surface area contributed by atoms with E-state index < -0.39 is 0 Å². The first-order valence-corrected chi connectivity index (χ1v) is 8.18. The number of benzene rings is 1. The van der Waals surface area contributed by atoms with Crippen molar-refractivity contribution >= 4 is 28.8 Å². The quantitative estimate of drug-likeness (QED) is 0.759. The Morgan fingerprint density at radius 3 is 2.52 bits per heavy atom. The van der Waals surface area contributed by atoms with Crippen LogP contribution in [0.3, 0.4) is 0 Å². The third-order valence-corrected chi connectivity index (χ3v) is 4.54. The van der Waals surface area contributed by atoms with Crippen LogP contribution in [-0.2, 0) is 0 Å². The van der Waals surface area contributed by atoms with Crippen molar-refractivity contribution < 1.29 is 4.79 Å². The molecule has 1 amide bonds. The molecule has 0 aliphatic carbocycles. The number of thiophene rings is 1. The second-order valence-corrected chi connectivity index (χ2v) is 6.33. The van der Waals surface area contributed by atoms with Crippen molar-refractivity contribution in [2.45, 2.75) is 6.04 Å². The van der Waals surface area contributed by atoms with E-state index >= 15 is 0 Å². The second-order valence-electron chi connectivity index (χ2n) is 4.92. The zero-order chi connectivity index (χ0) is 16.2. The Bertz CT molecular complexity index is 837. The summed E-state index contributed by atoms with van der Waals surface area (Å²) < 4.78 is 0. The number of halogens is 1. The molecule has 1 aromatic carbocycles. The van der Waals surface area contributed by atoms with Gasteiger partial charge in [0.15, 0.2) is 0 Å². The van der Waals surface area contributed by atoms with Crippen LogP contribution in [0.15, 0.2) is 64.9 Å². The molecule has 0 aliphatic heterocycles. The van der Waals surface area contributed by atoms with Gasteiger partial charge in [0.2, 0.25) is 5.56 Å². The molecule has 3 rings (SSSR count). The second kappa shape index (κ2) is 6.81. The number of aromatic nitrogens is 1. The highest BCUT2D eigenvalue weighted by atomic mass is 35.5. The molecule has 23 heavy (non-hydrogen) atoms. The largest absolute Gasteiger partial charge is 0.340 e. The number of H-pyrrole nitrogens is 1. The fourth-order valence-electron chi connectivity index (χ4n) is 2.20. The number of carbonyl (C=O) groups is 1. The maximum Gasteiger partial charge on any atom is 0.253 e. The molecule has 1 atom stereocenters. The summed E-state index contributed by atoms with van der Waals surface area (Å²) in [4.78, 5) is 27.1. The summed E-state index contributed by atoms with van der Waals surface area (Å²) in [5.74, 6) is -0.255. The Balaban J connectivity index is 1.90. The summed E-state index contributed by atoms with van der Waals surface area (Å²) in [6.45, 7) is 0. The molecule has 2 heterocycles. The van der Waals surface area contributed by atoms with Gasteiger partial charge < -0.3 is 10.3 Å². The first kappa shape index (κ1) is 15.5. The summed E-state index contributed by atoms with van der Waals surface area (Å²) in [7, 11) is 0. The van der Waals surface area contributed by atoms with Crippen molar-refractivity contribution in [3.63, 3.8) is 0 Å². The van der Waals surface area contributed by atoms with E-state index in [4.69, 9.17) is 11.6 Å². The highest BCUT2D eigenvalue weighted by molar-refractivity contribution is 7.10. The van der Waals surface area contributed by atoms with Gasteiger partial charge in [0.05, 0.1) is 11.6 Å². The Morgan fingerprint density at radius 2 is 1.91 bits per heavy atom. The van der Waals surface area contributed by atoms with Gasteiger partial charge in [-0.3, -0.25) is 9.59 Å². The molecule has 0 radical (unpaired) electrons. The van der Waals surface area contributed by atoms with Crippen LogP contribution >= 0.6 is 22.9 Å². The van der Waals surface area contributed by atoms with E-state index in [1.165, 1.54) is 18.3 Å². The molecule has 2 aromatic heterocycles. The Hall–Kier alpha value is -2.37. The maximum absolute atomic E-state index is 12.4. The van der Waals surface area contributed by atoms with Crippen molar-refractivity contribution in [1.29, 1.82) is 0 Å². The molecule has 2 N–H and O–H groups in total. The zero-order valence-corrected chi connectivity index (χ0v) is 13.5. The molecule has 0 saturated heterocycles. The van der Waals surface area contributed by atoms with Gasteiger partial charge in [0.25, 0.3) is 5.91 Å². The van der Waals surface area contributed by atoms with Crippen molar-refractivity contribution in [2.24, 2.45) is 0 Å². The number of hydrogen-bond donors (Lipinski definition) is 2. The van der Waals surface area contributed by atoms with Crippen molar-refractivity contribution in [1.82, 2.24) is 10.3 Å². The normalized spacial score (nSPS) is 11.9. The molecule has 116 valence electrons. The molecule has 0 spiro atoms. The number of nitrogens with one attached hydrogen (secondary N) is 2. The predicted molar refractivity (Wildman–Crippen MR) is 92.1 cm³/mol. The smallest absolute Gasteiger partial charge is 0.253 e. The fraction of sp³-hybridized carbons (Fsp3) is 0.0588. The van der Waals surface area contributed by atoms with Gasteiger partial charge in [-0.2, -0.15) is 0 Å². The van der Waals surface area contributed by atoms with E-state index in [-0.39, 0.29) is 17.5 Å². The molecule has 0 saturated carbocycles. The van der Waals surface area contributed by atoms with E-state index in [2.05, 4.69) is 10.3 Å². The van der Waals surface area contributed by atoms with Crippen LogP contribution in [0.1, 0.15) is 26.8 Å². The highest BCUT2D eigenvalue weighted by Gasteiger charge is 2.18. The predicted octanol–water partition coefficient (Wildman–Crippen LogP) is 3.61. The van der Waals surface area contributed by atoms with E-state index in [1.807, 2.05) is 29.6 Å². The molecular weight excluding hydrogens is 332 g/mol. The standard InChI is InChI=1S/C17H13ClN2O2S/c18-13-6-3-11(4-7-13)16(14-2-1-9-23-14)20-17(22)12-5-8-15(21)19-10-12/h1-10,16H,(H,19,21)(H,20,22). The Labute approximate surface area is 141 Å². The number of aromatic amines is 1. The summed E-state index contributed by atoms with van der Waals surface area (Å²) in [5, 5.41) is 5.60. The first-order valence-electron chi connectivity index (χ1n) is 6.92. The molecule has 1 unspecified atom stereocenters. The summed E-state index contributed by atoms with van der Waals surface area (Å²) in [6, 6.07) is 13.8. The average Bonchev–Trinajstić information content (AvgIpc) is 3.08. The lowest BCUT2D eigenvalue weighted by molar-refractivity contribution is 0.0943. The van der Waals surface area contributed by atoms with Crippen LogP contribution in [0.5, 0.6) is 0 Å². The van der Waals surface area contributed by atoms with E-state index in [0.29, 0.717) is 10.6 Å². The van der Waals surface area contributed by atoms with E-state index in [1.54, 1.807) is 23.5 Å². The molecule has 0 aliphatic rings.